The highest BCUT2D eigenvalue weighted by atomic mass is 16.1. The lowest BCUT2D eigenvalue weighted by Crippen LogP contribution is -2.33. The summed E-state index contributed by atoms with van der Waals surface area (Å²) >= 11 is 0. The molecule has 0 bridgehead atoms. The molecule has 2 rings (SSSR count). The number of carbonyl (C=O) groups is 1. The van der Waals surface area contributed by atoms with Crippen molar-refractivity contribution in [3.05, 3.63) is 65.5 Å². The van der Waals surface area contributed by atoms with Gasteiger partial charge in [-0.05, 0) is 30.5 Å². The Hall–Kier alpha value is -2.00. The summed E-state index contributed by atoms with van der Waals surface area (Å²) < 4.78 is 0. The first-order valence-corrected chi connectivity index (χ1v) is 5.93. The second kappa shape index (κ2) is 5.56. The number of hydrogen-bond donors (Lipinski definition) is 1. The van der Waals surface area contributed by atoms with Crippen molar-refractivity contribution < 1.29 is 4.79 Å². The molecule has 3 nitrogen and oxygen atoms in total. The van der Waals surface area contributed by atoms with Crippen molar-refractivity contribution in [1.82, 2.24) is 4.98 Å². The minimum Gasteiger partial charge on any atom is -0.321 e. The Morgan fingerprint density at radius 2 is 2.00 bits per heavy atom. The Kier molecular flexibility index (Phi) is 3.85. The molecule has 18 heavy (non-hydrogen) atoms. The third-order valence-electron chi connectivity index (χ3n) is 2.94. The molecule has 92 valence electrons. The molecule has 1 atom stereocenters. The highest BCUT2D eigenvalue weighted by molar-refractivity contribution is 6.01. The van der Waals surface area contributed by atoms with Crippen molar-refractivity contribution in [3.8, 4) is 0 Å². The highest BCUT2D eigenvalue weighted by Crippen LogP contribution is 2.10. The number of aromatic nitrogens is 1. The fraction of sp³-hybridized carbons (Fsp3) is 0.200. The molecule has 0 saturated carbocycles. The smallest absolute Gasteiger partial charge is 0.181 e. The summed E-state index contributed by atoms with van der Waals surface area (Å²) in [5.74, 6) is -0.0514. The van der Waals surface area contributed by atoms with Crippen molar-refractivity contribution in [1.29, 1.82) is 0 Å². The summed E-state index contributed by atoms with van der Waals surface area (Å²) in [6, 6.07) is 11.1. The topological polar surface area (TPSA) is 56.0 Å². The number of Topliss-reactive ketones (excluding diaryl/α,β-unsaturated/α-hetero) is 1. The molecule has 2 aromatic rings. The summed E-state index contributed by atoms with van der Waals surface area (Å²) in [6.45, 7) is 1.89. The largest absolute Gasteiger partial charge is 0.321 e. The number of rotatable bonds is 4. The van der Waals surface area contributed by atoms with Gasteiger partial charge in [0.2, 0.25) is 0 Å². The zero-order valence-electron chi connectivity index (χ0n) is 10.3. The zero-order valence-corrected chi connectivity index (χ0v) is 10.3. The number of ketones is 1. The molecule has 1 unspecified atom stereocenters. The monoisotopic (exact) mass is 240 g/mol. The number of carbonyl (C=O) groups excluding carboxylic acids is 1. The van der Waals surface area contributed by atoms with Crippen LogP contribution in [0.3, 0.4) is 0 Å². The molecule has 0 aliphatic rings. The number of nitrogens with two attached hydrogens (primary N) is 1. The van der Waals surface area contributed by atoms with Crippen LogP contribution in [-0.2, 0) is 6.42 Å². The number of nitrogens with zero attached hydrogens (tertiary/aromatic N) is 1. The van der Waals surface area contributed by atoms with Gasteiger partial charge in [0.05, 0.1) is 6.04 Å². The summed E-state index contributed by atoms with van der Waals surface area (Å²) in [6.07, 6.45) is 3.81. The van der Waals surface area contributed by atoms with E-state index in [9.17, 15) is 4.79 Å². The van der Waals surface area contributed by atoms with Crippen molar-refractivity contribution in [2.24, 2.45) is 5.73 Å². The first kappa shape index (κ1) is 12.5. The Morgan fingerprint density at radius 3 is 2.67 bits per heavy atom. The van der Waals surface area contributed by atoms with Crippen LogP contribution in [0.15, 0.2) is 48.8 Å². The van der Waals surface area contributed by atoms with E-state index in [2.05, 4.69) is 4.98 Å². The fourth-order valence-electron chi connectivity index (χ4n) is 1.88. The minimum absolute atomic E-state index is 0.0514. The quantitative estimate of drug-likeness (QED) is 0.833. The van der Waals surface area contributed by atoms with E-state index in [0.29, 0.717) is 12.0 Å². The van der Waals surface area contributed by atoms with Crippen LogP contribution in [0.25, 0.3) is 0 Å². The Morgan fingerprint density at radius 1 is 1.28 bits per heavy atom. The van der Waals surface area contributed by atoms with Crippen LogP contribution < -0.4 is 5.73 Å². The van der Waals surface area contributed by atoms with Gasteiger partial charge in [-0.2, -0.15) is 0 Å². The molecule has 0 aliphatic carbocycles. The molecule has 0 amide bonds. The molecule has 0 fully saturated rings. The van der Waals surface area contributed by atoms with Gasteiger partial charge < -0.3 is 5.73 Å². The Bertz CT molecular complexity index is 537. The molecule has 1 aromatic carbocycles. The van der Waals surface area contributed by atoms with Crippen LogP contribution in [0, 0.1) is 6.92 Å². The van der Waals surface area contributed by atoms with E-state index >= 15 is 0 Å². The van der Waals surface area contributed by atoms with E-state index in [4.69, 9.17) is 5.73 Å². The van der Waals surface area contributed by atoms with Gasteiger partial charge in [-0.1, -0.05) is 30.3 Å². The van der Waals surface area contributed by atoms with Crippen LogP contribution in [-0.4, -0.2) is 16.8 Å². The van der Waals surface area contributed by atoms with Gasteiger partial charge in [-0.25, -0.2) is 0 Å². The summed E-state index contributed by atoms with van der Waals surface area (Å²) in [4.78, 5) is 16.2. The maximum atomic E-state index is 12.2. The molecule has 0 radical (unpaired) electrons. The second-order valence-electron chi connectivity index (χ2n) is 4.35. The van der Waals surface area contributed by atoms with Gasteiger partial charge in [-0.3, -0.25) is 9.78 Å². The van der Waals surface area contributed by atoms with E-state index in [1.807, 2.05) is 43.3 Å². The fourth-order valence-corrected chi connectivity index (χ4v) is 1.88. The third-order valence-corrected chi connectivity index (χ3v) is 2.94. The van der Waals surface area contributed by atoms with E-state index < -0.39 is 6.04 Å². The molecule has 0 spiro atoms. The lowest BCUT2D eigenvalue weighted by molar-refractivity contribution is 0.0960. The Balaban J connectivity index is 2.13. The van der Waals surface area contributed by atoms with Gasteiger partial charge in [0.15, 0.2) is 5.78 Å². The van der Waals surface area contributed by atoms with E-state index in [1.165, 1.54) is 0 Å². The lowest BCUT2D eigenvalue weighted by atomic mass is 9.97. The predicted octanol–water partition coefficient (Wildman–Crippen LogP) is 2.14. The van der Waals surface area contributed by atoms with E-state index in [-0.39, 0.29) is 5.78 Å². The van der Waals surface area contributed by atoms with E-state index in [0.717, 1.165) is 11.1 Å². The van der Waals surface area contributed by atoms with Crippen molar-refractivity contribution in [3.63, 3.8) is 0 Å². The van der Waals surface area contributed by atoms with Crippen LogP contribution in [0.1, 0.15) is 21.5 Å². The lowest BCUT2D eigenvalue weighted by Gasteiger charge is -2.12. The standard InChI is InChI=1S/C15H16N2O/c1-11-7-8-17-10-13(11)15(18)14(16)9-12-5-3-2-4-6-12/h2-8,10,14H,9,16H2,1H3. The number of hydrogen-bond acceptors (Lipinski definition) is 3. The number of aryl methyl sites for hydroxylation is 1. The first-order chi connectivity index (χ1) is 8.68. The highest BCUT2D eigenvalue weighted by Gasteiger charge is 2.17. The molecule has 2 N–H and O–H groups in total. The SMILES string of the molecule is Cc1ccncc1C(=O)C(N)Cc1ccccc1. The molecule has 0 aliphatic heterocycles. The molecule has 1 aromatic heterocycles. The normalized spacial score (nSPS) is 12.1. The van der Waals surface area contributed by atoms with Gasteiger partial charge in [0.25, 0.3) is 0 Å². The van der Waals surface area contributed by atoms with Crippen molar-refractivity contribution >= 4 is 5.78 Å². The summed E-state index contributed by atoms with van der Waals surface area (Å²) in [7, 11) is 0. The van der Waals surface area contributed by atoms with Crippen molar-refractivity contribution in [2.45, 2.75) is 19.4 Å². The molecular formula is C15H16N2O. The third kappa shape index (κ3) is 2.81. The van der Waals surface area contributed by atoms with E-state index in [1.54, 1.807) is 12.4 Å². The summed E-state index contributed by atoms with van der Waals surface area (Å²) in [5.41, 5.74) is 8.57. The second-order valence-corrected chi connectivity index (χ2v) is 4.35. The van der Waals surface area contributed by atoms with Gasteiger partial charge in [0.1, 0.15) is 0 Å². The summed E-state index contributed by atoms with van der Waals surface area (Å²) in [5, 5.41) is 0. The van der Waals surface area contributed by atoms with Crippen LogP contribution in [0.2, 0.25) is 0 Å². The average molecular weight is 240 g/mol. The molecular weight excluding hydrogens is 224 g/mol. The zero-order chi connectivity index (χ0) is 13.0. The van der Waals surface area contributed by atoms with Crippen molar-refractivity contribution in [2.75, 3.05) is 0 Å². The Labute approximate surface area is 107 Å². The predicted molar refractivity (Wildman–Crippen MR) is 71.4 cm³/mol. The van der Waals surface area contributed by atoms with Crippen LogP contribution in [0.4, 0.5) is 0 Å². The number of pyridine rings is 1. The van der Waals surface area contributed by atoms with Gasteiger partial charge in [0, 0.05) is 18.0 Å². The number of benzene rings is 1. The van der Waals surface area contributed by atoms with Gasteiger partial charge >= 0.3 is 0 Å². The average Bonchev–Trinajstić information content (AvgIpc) is 2.39. The molecule has 1 heterocycles. The minimum atomic E-state index is -0.518. The molecule has 3 heteroatoms. The van der Waals surface area contributed by atoms with Crippen LogP contribution >= 0.6 is 0 Å². The van der Waals surface area contributed by atoms with Gasteiger partial charge in [-0.15, -0.1) is 0 Å². The van der Waals surface area contributed by atoms with Crippen LogP contribution in [0.5, 0.6) is 0 Å². The maximum absolute atomic E-state index is 12.2. The molecule has 0 saturated heterocycles. The maximum Gasteiger partial charge on any atom is 0.181 e. The first-order valence-electron chi connectivity index (χ1n) is 5.93.